The number of carbonyl (C=O) groups is 5. The van der Waals surface area contributed by atoms with Crippen molar-refractivity contribution in [1.82, 2.24) is 15.5 Å². The van der Waals surface area contributed by atoms with Gasteiger partial charge in [-0.1, -0.05) is 52.8 Å². The van der Waals surface area contributed by atoms with Gasteiger partial charge in [-0.05, 0) is 42.2 Å². The number of nitrogens with zero attached hydrogens (tertiary/aromatic N) is 1. The number of aliphatic carboxylic acids is 1. The van der Waals surface area contributed by atoms with E-state index in [1.54, 1.807) is 24.3 Å². The summed E-state index contributed by atoms with van der Waals surface area (Å²) in [4.78, 5) is 65.9. The molecule has 3 unspecified atom stereocenters. The molecule has 1 saturated carbocycles. The van der Waals surface area contributed by atoms with Crippen LogP contribution in [-0.2, 0) is 25.7 Å². The first kappa shape index (κ1) is 26.4. The maximum absolute atomic E-state index is 13.5. The molecule has 3 atom stereocenters. The third-order valence-electron chi connectivity index (χ3n) is 6.42. The fourth-order valence-electron chi connectivity index (χ4n) is 4.39. The fraction of sp³-hybridized carbons (Fsp3) is 0.577. The second-order valence-corrected chi connectivity index (χ2v) is 11.0. The Labute approximate surface area is 205 Å². The SMILES string of the molecule is CC(C)CC(C(=O)NC(C(=O)NC1CC1)C(C)(C)C)C(C(=O)O)C(=O)N1Cc2ccccc2C1=O. The highest BCUT2D eigenvalue weighted by atomic mass is 16.4. The smallest absolute Gasteiger partial charge is 0.316 e. The van der Waals surface area contributed by atoms with Crippen molar-refractivity contribution in [2.75, 3.05) is 0 Å². The molecule has 3 N–H and O–H groups in total. The number of benzene rings is 1. The molecule has 2 aliphatic rings. The highest BCUT2D eigenvalue weighted by Gasteiger charge is 2.46. The number of rotatable bonds is 9. The van der Waals surface area contributed by atoms with Gasteiger partial charge in [0, 0.05) is 11.6 Å². The Morgan fingerprint density at radius 1 is 1.09 bits per heavy atom. The van der Waals surface area contributed by atoms with Crippen LogP contribution in [0.5, 0.6) is 0 Å². The Kier molecular flexibility index (Phi) is 7.67. The molecule has 1 aromatic carbocycles. The Morgan fingerprint density at radius 3 is 2.23 bits per heavy atom. The van der Waals surface area contributed by atoms with Crippen LogP contribution >= 0.6 is 0 Å². The standard InChI is InChI=1S/C26H35N3O6/c1-14(2)12-18(21(30)28-20(26(3,4)5)22(31)27-16-10-11-16)19(25(34)35)24(33)29-13-15-8-6-7-9-17(15)23(29)32/h6-9,14,16,18-20H,10-13H2,1-5H3,(H,27,31)(H,28,30)(H,34,35). The van der Waals surface area contributed by atoms with E-state index in [1.165, 1.54) is 0 Å². The zero-order valence-electron chi connectivity index (χ0n) is 21.0. The van der Waals surface area contributed by atoms with Crippen LogP contribution in [-0.4, -0.2) is 51.7 Å². The van der Waals surface area contributed by atoms with E-state index < -0.39 is 47.0 Å². The molecular weight excluding hydrogens is 450 g/mol. The van der Waals surface area contributed by atoms with Crippen LogP contribution in [0.4, 0.5) is 0 Å². The number of carboxylic acids is 1. The zero-order chi connectivity index (χ0) is 26.1. The van der Waals surface area contributed by atoms with E-state index in [-0.39, 0.29) is 30.8 Å². The molecule has 0 spiro atoms. The number of amides is 4. The summed E-state index contributed by atoms with van der Waals surface area (Å²) in [5.41, 5.74) is 0.329. The first-order chi connectivity index (χ1) is 16.3. The second-order valence-electron chi connectivity index (χ2n) is 11.0. The lowest BCUT2D eigenvalue weighted by molar-refractivity contribution is -0.156. The predicted molar refractivity (Wildman–Crippen MR) is 128 cm³/mol. The largest absolute Gasteiger partial charge is 0.481 e. The Morgan fingerprint density at radius 2 is 1.71 bits per heavy atom. The summed E-state index contributed by atoms with van der Waals surface area (Å²) in [5.74, 6) is -7.12. The molecule has 0 aromatic heterocycles. The molecule has 0 saturated heterocycles. The van der Waals surface area contributed by atoms with E-state index in [1.807, 2.05) is 34.6 Å². The van der Waals surface area contributed by atoms with Gasteiger partial charge >= 0.3 is 5.97 Å². The van der Waals surface area contributed by atoms with Gasteiger partial charge in [0.05, 0.1) is 12.5 Å². The van der Waals surface area contributed by atoms with Crippen molar-refractivity contribution in [3.05, 3.63) is 35.4 Å². The van der Waals surface area contributed by atoms with Gasteiger partial charge < -0.3 is 15.7 Å². The molecule has 1 aliphatic carbocycles. The third-order valence-corrected chi connectivity index (χ3v) is 6.42. The quantitative estimate of drug-likeness (QED) is 0.460. The van der Waals surface area contributed by atoms with Gasteiger partial charge in [-0.3, -0.25) is 28.9 Å². The number of fused-ring (bicyclic) bond motifs is 1. The minimum absolute atomic E-state index is 0.0396. The van der Waals surface area contributed by atoms with E-state index >= 15 is 0 Å². The minimum atomic E-state index is -1.76. The van der Waals surface area contributed by atoms with Gasteiger partial charge in [-0.2, -0.15) is 0 Å². The molecule has 35 heavy (non-hydrogen) atoms. The highest BCUT2D eigenvalue weighted by molar-refractivity contribution is 6.13. The summed E-state index contributed by atoms with van der Waals surface area (Å²) in [7, 11) is 0. The summed E-state index contributed by atoms with van der Waals surface area (Å²) in [6.45, 7) is 9.02. The van der Waals surface area contributed by atoms with Crippen LogP contribution in [0.15, 0.2) is 24.3 Å². The van der Waals surface area contributed by atoms with Crippen LogP contribution in [0, 0.1) is 23.2 Å². The Hall–Kier alpha value is -3.23. The van der Waals surface area contributed by atoms with E-state index in [4.69, 9.17) is 0 Å². The maximum Gasteiger partial charge on any atom is 0.316 e. The van der Waals surface area contributed by atoms with Crippen molar-refractivity contribution >= 4 is 29.6 Å². The lowest BCUT2D eigenvalue weighted by atomic mass is 9.81. The number of carboxylic acid groups (broad SMARTS) is 1. The van der Waals surface area contributed by atoms with E-state index in [9.17, 15) is 29.1 Å². The topological polar surface area (TPSA) is 133 Å². The Bertz CT molecular complexity index is 1020. The van der Waals surface area contributed by atoms with Crippen LogP contribution in [0.2, 0.25) is 0 Å². The number of hydrogen-bond acceptors (Lipinski definition) is 5. The molecule has 1 aliphatic heterocycles. The molecule has 190 valence electrons. The van der Waals surface area contributed by atoms with E-state index in [2.05, 4.69) is 10.6 Å². The van der Waals surface area contributed by atoms with E-state index in [0.29, 0.717) is 11.1 Å². The summed E-state index contributed by atoms with van der Waals surface area (Å²) < 4.78 is 0. The lowest BCUT2D eigenvalue weighted by Crippen LogP contribution is -2.57. The van der Waals surface area contributed by atoms with Crippen molar-refractivity contribution < 1.29 is 29.1 Å². The average Bonchev–Trinajstić information content (AvgIpc) is 3.50. The van der Waals surface area contributed by atoms with Gasteiger partial charge in [-0.25, -0.2) is 0 Å². The monoisotopic (exact) mass is 485 g/mol. The van der Waals surface area contributed by atoms with Crippen molar-refractivity contribution in [3.8, 4) is 0 Å². The summed E-state index contributed by atoms with van der Waals surface area (Å²) in [6.07, 6.45) is 1.87. The predicted octanol–water partition coefficient (Wildman–Crippen LogP) is 2.34. The lowest BCUT2D eigenvalue weighted by Gasteiger charge is -2.33. The highest BCUT2D eigenvalue weighted by Crippen LogP contribution is 2.30. The summed E-state index contributed by atoms with van der Waals surface area (Å²) in [6, 6.07) is 5.89. The Balaban J connectivity index is 1.87. The molecule has 3 rings (SSSR count). The maximum atomic E-state index is 13.5. The van der Waals surface area contributed by atoms with Gasteiger partial charge in [0.25, 0.3) is 5.91 Å². The third kappa shape index (κ3) is 6.07. The average molecular weight is 486 g/mol. The van der Waals surface area contributed by atoms with Crippen molar-refractivity contribution in [3.63, 3.8) is 0 Å². The minimum Gasteiger partial charge on any atom is -0.481 e. The summed E-state index contributed by atoms with van der Waals surface area (Å²) >= 11 is 0. The van der Waals surface area contributed by atoms with Crippen LogP contribution < -0.4 is 10.6 Å². The van der Waals surface area contributed by atoms with Crippen molar-refractivity contribution in [2.24, 2.45) is 23.2 Å². The number of nitrogens with one attached hydrogen (secondary N) is 2. The second kappa shape index (κ2) is 10.2. The molecule has 4 amide bonds. The molecule has 1 heterocycles. The van der Waals surface area contributed by atoms with E-state index in [0.717, 1.165) is 17.7 Å². The van der Waals surface area contributed by atoms with Crippen molar-refractivity contribution in [1.29, 1.82) is 0 Å². The van der Waals surface area contributed by atoms with Gasteiger partial charge in [0.2, 0.25) is 17.7 Å². The number of imide groups is 1. The first-order valence-electron chi connectivity index (χ1n) is 12.1. The van der Waals surface area contributed by atoms with Crippen LogP contribution in [0.1, 0.15) is 69.8 Å². The van der Waals surface area contributed by atoms with Crippen LogP contribution in [0.3, 0.4) is 0 Å². The zero-order valence-corrected chi connectivity index (χ0v) is 21.0. The molecule has 1 aromatic rings. The summed E-state index contributed by atoms with van der Waals surface area (Å²) in [5, 5.41) is 15.7. The molecule has 0 radical (unpaired) electrons. The first-order valence-corrected chi connectivity index (χ1v) is 12.1. The molecular formula is C26H35N3O6. The molecule has 9 nitrogen and oxygen atoms in total. The van der Waals surface area contributed by atoms with Gasteiger partial charge in [-0.15, -0.1) is 0 Å². The van der Waals surface area contributed by atoms with Crippen LogP contribution in [0.25, 0.3) is 0 Å². The number of carbonyl (C=O) groups excluding carboxylic acids is 4. The van der Waals surface area contributed by atoms with Gasteiger partial charge in [0.15, 0.2) is 0 Å². The fourth-order valence-corrected chi connectivity index (χ4v) is 4.39. The number of hydrogen-bond donors (Lipinski definition) is 3. The van der Waals surface area contributed by atoms with Gasteiger partial charge in [0.1, 0.15) is 12.0 Å². The molecule has 9 heteroatoms. The molecule has 1 fully saturated rings. The molecule has 0 bridgehead atoms. The van der Waals surface area contributed by atoms with Crippen molar-refractivity contribution in [2.45, 2.75) is 72.5 Å². The normalized spacial score (nSPS) is 18.0.